The molecule has 14 nitrogen and oxygen atoms in total. The van der Waals surface area contributed by atoms with Gasteiger partial charge in [0.25, 0.3) is 0 Å². The highest BCUT2D eigenvalue weighted by molar-refractivity contribution is 5.76. The maximum Gasteiger partial charge on any atom is 0.220 e. The summed E-state index contributed by atoms with van der Waals surface area (Å²) in [4.78, 5) is 13.4. The van der Waals surface area contributed by atoms with Crippen LogP contribution in [0, 0.1) is 0 Å². The number of carbonyl (C=O) groups excluding carboxylic acids is 1. The first-order chi connectivity index (χ1) is 50.6. The molecule has 103 heavy (non-hydrogen) atoms. The number of carbonyl (C=O) groups is 1. The zero-order valence-corrected chi connectivity index (χ0v) is 65.8. The summed E-state index contributed by atoms with van der Waals surface area (Å²) in [7, 11) is 0. The van der Waals surface area contributed by atoms with Crippen molar-refractivity contribution in [2.24, 2.45) is 0 Å². The summed E-state index contributed by atoms with van der Waals surface area (Å²) in [6.45, 7) is 2.72. The Morgan fingerprint density at radius 3 is 1.07 bits per heavy atom. The molecule has 14 heteroatoms. The van der Waals surface area contributed by atoms with Gasteiger partial charge in [-0.2, -0.15) is 0 Å². The Kier molecular flexibility index (Phi) is 66.9. The Bertz CT molecular complexity index is 2110. The van der Waals surface area contributed by atoms with Crippen LogP contribution in [0.5, 0.6) is 0 Å². The average molecular weight is 1450 g/mol. The van der Waals surface area contributed by atoms with Crippen molar-refractivity contribution in [3.8, 4) is 0 Å². The molecule has 12 unspecified atom stereocenters. The normalized spacial score (nSPS) is 22.0. The number of hydrogen-bond donors (Lipinski definition) is 9. The molecule has 0 aromatic rings. The van der Waals surface area contributed by atoms with E-state index in [1.54, 1.807) is 6.08 Å². The predicted octanol–water partition coefficient (Wildman–Crippen LogP) is 20.4. The van der Waals surface area contributed by atoms with Gasteiger partial charge in [-0.3, -0.25) is 4.79 Å². The molecule has 0 aromatic heterocycles. The molecule has 0 aromatic carbocycles. The van der Waals surface area contributed by atoms with E-state index in [-0.39, 0.29) is 18.9 Å². The highest BCUT2D eigenvalue weighted by Gasteiger charge is 2.51. The lowest BCUT2D eigenvalue weighted by atomic mass is 9.97. The molecule has 2 aliphatic rings. The molecule has 0 saturated carbocycles. The minimum absolute atomic E-state index is 0.245. The number of rotatable bonds is 72. The molecule has 1 amide bonds. The second kappa shape index (κ2) is 71.8. The lowest BCUT2D eigenvalue weighted by Gasteiger charge is -2.46. The fourth-order valence-corrected chi connectivity index (χ4v) is 13.8. The van der Waals surface area contributed by atoms with Gasteiger partial charge in [-0.05, 0) is 83.5 Å². The van der Waals surface area contributed by atoms with Gasteiger partial charge in [0.1, 0.15) is 48.8 Å². The third-order valence-electron chi connectivity index (χ3n) is 20.5. The van der Waals surface area contributed by atoms with Crippen molar-refractivity contribution < 1.29 is 64.6 Å². The number of nitrogens with one attached hydrogen (secondary N) is 1. The topological polar surface area (TPSA) is 228 Å². The number of aliphatic hydroxyl groups excluding tert-OH is 8. The largest absolute Gasteiger partial charge is 0.394 e. The molecule has 0 bridgehead atoms. The van der Waals surface area contributed by atoms with Crippen molar-refractivity contribution in [1.29, 1.82) is 0 Å². The third kappa shape index (κ3) is 54.2. The predicted molar refractivity (Wildman–Crippen MR) is 429 cm³/mol. The average Bonchev–Trinajstić information content (AvgIpc) is 0.791. The summed E-state index contributed by atoms with van der Waals surface area (Å²) in [5.41, 5.74) is 0. The van der Waals surface area contributed by atoms with Crippen molar-refractivity contribution in [3.63, 3.8) is 0 Å². The van der Waals surface area contributed by atoms with Gasteiger partial charge >= 0.3 is 0 Å². The van der Waals surface area contributed by atoms with Crippen LogP contribution in [0.4, 0.5) is 0 Å². The van der Waals surface area contributed by atoms with Crippen LogP contribution in [0.3, 0.4) is 0 Å². The maximum atomic E-state index is 13.4. The van der Waals surface area contributed by atoms with Gasteiger partial charge in [0, 0.05) is 6.42 Å². The molecule has 12 atom stereocenters. The fourth-order valence-electron chi connectivity index (χ4n) is 13.8. The Morgan fingerprint density at radius 2 is 0.680 bits per heavy atom. The van der Waals surface area contributed by atoms with Crippen molar-refractivity contribution >= 4 is 5.91 Å². The van der Waals surface area contributed by atoms with E-state index in [9.17, 15) is 45.6 Å². The highest BCUT2D eigenvalue weighted by atomic mass is 16.7. The summed E-state index contributed by atoms with van der Waals surface area (Å²) >= 11 is 0. The molecule has 0 radical (unpaired) electrons. The molecular weight excluding hydrogens is 1290 g/mol. The summed E-state index contributed by atoms with van der Waals surface area (Å²) in [6.07, 6.45) is 86.5. The summed E-state index contributed by atoms with van der Waals surface area (Å²) in [6, 6.07) is -0.937. The standard InChI is InChI=1S/C89H159NO13/c1-3-5-7-9-11-13-15-17-19-21-23-25-27-29-31-33-35-36-37-38-39-40-41-42-43-45-47-49-51-53-55-57-59-61-63-65-67-69-71-73-81(94)90-77(76-100-88-86(99)84(97)87(80(75-92)102-88)103-89-85(98)83(96)82(95)79(74-91)101-89)78(93)72-70-68-66-64-62-60-58-56-54-52-50-48-46-44-34-32-30-28-26-24-22-20-18-16-14-12-10-8-6-4-2/h5,7,11,13,17,19,23,25,29,31,35-36,62,64,70,72,77-80,82-89,91-93,95-99H,3-4,6,8-10,12,14-16,18,20-22,24,26-28,30,32-34,37-61,63,65-69,71,73-76H2,1-2H3,(H,90,94)/b7-5-,13-11-,19-17-,25-23-,31-29-,36-35-,64-62+,72-70+. The zero-order chi connectivity index (χ0) is 74.4. The van der Waals surface area contributed by atoms with Gasteiger partial charge in [0.2, 0.25) is 5.91 Å². The van der Waals surface area contributed by atoms with E-state index < -0.39 is 86.8 Å². The minimum atomic E-state index is -1.79. The van der Waals surface area contributed by atoms with Crippen LogP contribution in [0.15, 0.2) is 97.2 Å². The van der Waals surface area contributed by atoms with Crippen molar-refractivity contribution in [1.82, 2.24) is 5.32 Å². The molecule has 2 aliphatic heterocycles. The monoisotopic (exact) mass is 1450 g/mol. The van der Waals surface area contributed by atoms with Gasteiger partial charge in [-0.25, -0.2) is 0 Å². The van der Waals surface area contributed by atoms with E-state index in [4.69, 9.17) is 18.9 Å². The maximum absolute atomic E-state index is 13.4. The Hall–Kier alpha value is -3.09. The minimum Gasteiger partial charge on any atom is -0.394 e. The lowest BCUT2D eigenvalue weighted by Crippen LogP contribution is -2.65. The van der Waals surface area contributed by atoms with Gasteiger partial charge in [0.15, 0.2) is 12.6 Å². The summed E-state index contributed by atoms with van der Waals surface area (Å²) in [5, 5.41) is 87.8. The summed E-state index contributed by atoms with van der Waals surface area (Å²) < 4.78 is 22.9. The Balaban J connectivity index is 1.59. The number of aliphatic hydroxyl groups is 8. The van der Waals surface area contributed by atoms with E-state index in [0.29, 0.717) is 12.8 Å². The number of unbranched alkanes of at least 4 members (excludes halogenated alkanes) is 45. The first-order valence-electron chi connectivity index (χ1n) is 43.0. The third-order valence-corrected chi connectivity index (χ3v) is 20.5. The second-order valence-electron chi connectivity index (χ2n) is 29.9. The summed E-state index contributed by atoms with van der Waals surface area (Å²) in [5.74, 6) is -0.245. The Labute approximate surface area is 630 Å². The second-order valence-corrected chi connectivity index (χ2v) is 29.9. The first-order valence-corrected chi connectivity index (χ1v) is 43.0. The fraction of sp³-hybridized carbons (Fsp3) is 0.809. The van der Waals surface area contributed by atoms with Gasteiger partial charge in [0.05, 0.1) is 32.0 Å². The Morgan fingerprint density at radius 1 is 0.359 bits per heavy atom. The van der Waals surface area contributed by atoms with E-state index in [0.717, 1.165) is 70.6 Å². The number of allylic oxidation sites excluding steroid dienone is 15. The van der Waals surface area contributed by atoms with Gasteiger partial charge in [-0.1, -0.05) is 374 Å². The zero-order valence-electron chi connectivity index (χ0n) is 65.8. The molecule has 9 N–H and O–H groups in total. The smallest absolute Gasteiger partial charge is 0.220 e. The van der Waals surface area contributed by atoms with Crippen LogP contribution < -0.4 is 5.32 Å². The van der Waals surface area contributed by atoms with Crippen LogP contribution in [0.1, 0.15) is 367 Å². The number of amides is 1. The quantitative estimate of drug-likeness (QED) is 0.0204. The van der Waals surface area contributed by atoms with Crippen LogP contribution in [-0.4, -0.2) is 140 Å². The molecule has 598 valence electrons. The molecule has 2 saturated heterocycles. The molecule has 0 spiro atoms. The number of hydrogen-bond acceptors (Lipinski definition) is 13. The van der Waals surface area contributed by atoms with E-state index in [1.165, 1.54) is 263 Å². The molecular formula is C89H159NO13. The molecule has 2 heterocycles. The van der Waals surface area contributed by atoms with Crippen molar-refractivity contribution in [2.75, 3.05) is 19.8 Å². The van der Waals surface area contributed by atoms with E-state index in [1.807, 2.05) is 6.08 Å². The van der Waals surface area contributed by atoms with Crippen LogP contribution in [0.25, 0.3) is 0 Å². The van der Waals surface area contributed by atoms with Crippen molar-refractivity contribution in [2.45, 2.75) is 441 Å². The SMILES string of the molecule is CC/C=C\C/C=C\C/C=C\C/C=C\C/C=C\C/C=C\CCCCCCCCCCCCCCCCCCCCCCC(=O)NC(COC1OC(CO)C(OC2OC(CO)C(O)C(O)C2O)C(O)C1O)C(O)/C=C/CC/C=C/CCCCCCCCCCCCCCCCCCCCCCCCCC. The first kappa shape index (κ1) is 96.0. The van der Waals surface area contributed by atoms with Gasteiger partial charge < -0.3 is 65.1 Å². The van der Waals surface area contributed by atoms with E-state index in [2.05, 4.69) is 104 Å². The van der Waals surface area contributed by atoms with E-state index >= 15 is 0 Å². The van der Waals surface area contributed by atoms with Crippen molar-refractivity contribution in [3.05, 3.63) is 97.2 Å². The molecule has 2 rings (SSSR count). The molecule has 0 aliphatic carbocycles. The number of ether oxygens (including phenoxy) is 4. The van der Waals surface area contributed by atoms with Gasteiger partial charge in [-0.15, -0.1) is 0 Å². The highest BCUT2D eigenvalue weighted by Crippen LogP contribution is 2.30. The van der Waals surface area contributed by atoms with Crippen LogP contribution in [-0.2, 0) is 23.7 Å². The molecule has 2 fully saturated rings. The van der Waals surface area contributed by atoms with Crippen LogP contribution >= 0.6 is 0 Å². The van der Waals surface area contributed by atoms with Crippen LogP contribution in [0.2, 0.25) is 0 Å². The lowest BCUT2D eigenvalue weighted by molar-refractivity contribution is -0.359.